The van der Waals surface area contributed by atoms with Crippen LogP contribution < -0.4 is 26.2 Å². The molecule has 1 heterocycles. The van der Waals surface area contributed by atoms with E-state index in [1.807, 2.05) is 78.9 Å². The first-order valence-corrected chi connectivity index (χ1v) is 15.2. The Balaban J connectivity index is 1.28. The largest absolute Gasteiger partial charge is 0.495 e. The van der Waals surface area contributed by atoms with E-state index in [2.05, 4.69) is 16.0 Å². The molecule has 6 aromatic rings. The maximum Gasteiger partial charge on any atom is 0.265 e. The van der Waals surface area contributed by atoms with Crippen LogP contribution in [0.25, 0.3) is 16.6 Å². The minimum absolute atomic E-state index is 0.0410. The Hall–Kier alpha value is -5.31. The molecular weight excluding hydrogens is 621 g/mol. The van der Waals surface area contributed by atoms with Gasteiger partial charge in [-0.25, -0.2) is 4.98 Å². The lowest BCUT2D eigenvalue weighted by atomic mass is 10.1. The molecule has 5 aromatic carbocycles. The van der Waals surface area contributed by atoms with Gasteiger partial charge in [0.25, 0.3) is 5.56 Å². The average Bonchev–Trinajstić information content (AvgIpc) is 3.07. The van der Waals surface area contributed by atoms with Crippen molar-refractivity contribution in [3.63, 3.8) is 0 Å². The van der Waals surface area contributed by atoms with Crippen molar-refractivity contribution in [2.45, 2.75) is 6.42 Å². The smallest absolute Gasteiger partial charge is 0.265 e. The molecule has 0 spiro atoms. The highest BCUT2D eigenvalue weighted by molar-refractivity contribution is 6.39. The molecule has 0 aliphatic carbocycles. The van der Waals surface area contributed by atoms with Crippen LogP contribution in [0.3, 0.4) is 0 Å². The molecular formula is C36H29Cl2N5O3. The molecule has 0 bridgehead atoms. The van der Waals surface area contributed by atoms with Crippen LogP contribution >= 0.6 is 23.2 Å². The zero-order valence-electron chi connectivity index (χ0n) is 24.8. The van der Waals surface area contributed by atoms with Crippen molar-refractivity contribution in [1.82, 2.24) is 9.55 Å². The molecule has 8 nitrogen and oxygen atoms in total. The van der Waals surface area contributed by atoms with Gasteiger partial charge in [-0.15, -0.1) is 0 Å². The number of aromatic nitrogens is 2. The summed E-state index contributed by atoms with van der Waals surface area (Å²) in [5, 5.41) is 10.8. The Morgan fingerprint density at radius 2 is 1.48 bits per heavy atom. The summed E-state index contributed by atoms with van der Waals surface area (Å²) in [4.78, 5) is 31.5. The molecule has 0 atom stereocenters. The molecule has 0 aliphatic rings. The summed E-state index contributed by atoms with van der Waals surface area (Å²) in [6, 6.07) is 34.9. The second kappa shape index (κ2) is 13.8. The number of para-hydroxylation sites is 5. The minimum atomic E-state index is -0.226. The van der Waals surface area contributed by atoms with E-state index in [0.717, 1.165) is 11.3 Å². The first kappa shape index (κ1) is 30.7. The van der Waals surface area contributed by atoms with Gasteiger partial charge >= 0.3 is 0 Å². The highest BCUT2D eigenvalue weighted by Gasteiger charge is 2.16. The average molecular weight is 651 g/mol. The predicted molar refractivity (Wildman–Crippen MR) is 186 cm³/mol. The second-order valence-corrected chi connectivity index (χ2v) is 11.2. The lowest BCUT2D eigenvalue weighted by Crippen LogP contribution is -2.24. The maximum atomic E-state index is 13.9. The fourth-order valence-corrected chi connectivity index (χ4v) is 5.63. The van der Waals surface area contributed by atoms with Gasteiger partial charge in [0.2, 0.25) is 5.91 Å². The SMILES string of the molecule is COc1ccccc1NC(=O)CNc1ccc(-n2c(Cc3ccccc3Nc3c(Cl)cccc3Cl)nc3ccccc3c2=O)cc1. The normalized spacial score (nSPS) is 10.8. The number of nitrogens with one attached hydrogen (secondary N) is 3. The van der Waals surface area contributed by atoms with Crippen molar-refractivity contribution in [1.29, 1.82) is 0 Å². The Bertz CT molecular complexity index is 2080. The molecule has 230 valence electrons. The lowest BCUT2D eigenvalue weighted by molar-refractivity contribution is -0.114. The quantitative estimate of drug-likeness (QED) is 0.139. The summed E-state index contributed by atoms with van der Waals surface area (Å²) in [5.41, 5.74) is 4.66. The highest BCUT2D eigenvalue weighted by atomic mass is 35.5. The van der Waals surface area contributed by atoms with Crippen LogP contribution in [-0.2, 0) is 11.2 Å². The number of fused-ring (bicyclic) bond motifs is 1. The molecule has 0 unspecified atom stereocenters. The molecule has 46 heavy (non-hydrogen) atoms. The van der Waals surface area contributed by atoms with E-state index in [1.54, 1.807) is 48.1 Å². The van der Waals surface area contributed by atoms with Crippen LogP contribution in [-0.4, -0.2) is 29.1 Å². The van der Waals surface area contributed by atoms with Gasteiger partial charge in [0, 0.05) is 17.8 Å². The summed E-state index contributed by atoms with van der Waals surface area (Å²) >= 11 is 12.9. The number of carbonyl (C=O) groups is 1. The van der Waals surface area contributed by atoms with Crippen LogP contribution in [0.5, 0.6) is 5.75 Å². The number of nitrogens with zero attached hydrogens (tertiary/aromatic N) is 2. The fourth-order valence-electron chi connectivity index (χ4n) is 5.14. The van der Waals surface area contributed by atoms with E-state index in [0.29, 0.717) is 61.7 Å². The molecule has 1 aromatic heterocycles. The van der Waals surface area contributed by atoms with Gasteiger partial charge in [-0.3, -0.25) is 14.2 Å². The molecule has 6 rings (SSSR count). The third-order valence-corrected chi connectivity index (χ3v) is 8.02. The number of ether oxygens (including phenoxy) is 1. The summed E-state index contributed by atoms with van der Waals surface area (Å²) in [6.45, 7) is 0.0410. The van der Waals surface area contributed by atoms with Gasteiger partial charge in [0.1, 0.15) is 11.6 Å². The molecule has 10 heteroatoms. The Kier molecular flexibility index (Phi) is 9.19. The molecule has 0 saturated heterocycles. The first-order chi connectivity index (χ1) is 22.4. The number of halogens is 2. The Morgan fingerprint density at radius 1 is 0.804 bits per heavy atom. The summed E-state index contributed by atoms with van der Waals surface area (Å²) in [7, 11) is 1.55. The molecule has 0 saturated carbocycles. The van der Waals surface area contributed by atoms with Crippen molar-refractivity contribution < 1.29 is 9.53 Å². The predicted octanol–water partition coefficient (Wildman–Crippen LogP) is 8.09. The van der Waals surface area contributed by atoms with Crippen LogP contribution in [0.15, 0.2) is 120 Å². The van der Waals surface area contributed by atoms with Gasteiger partial charge in [0.05, 0.1) is 51.7 Å². The van der Waals surface area contributed by atoms with Crippen LogP contribution in [0.2, 0.25) is 10.0 Å². The van der Waals surface area contributed by atoms with E-state index < -0.39 is 0 Å². The minimum Gasteiger partial charge on any atom is -0.495 e. The lowest BCUT2D eigenvalue weighted by Gasteiger charge is -2.17. The molecule has 0 fully saturated rings. The highest BCUT2D eigenvalue weighted by Crippen LogP contribution is 2.34. The summed E-state index contributed by atoms with van der Waals surface area (Å²) in [6.07, 6.45) is 0.342. The topological polar surface area (TPSA) is 97.3 Å². The second-order valence-electron chi connectivity index (χ2n) is 10.4. The Labute approximate surface area is 275 Å². The van der Waals surface area contributed by atoms with Gasteiger partial charge in [-0.2, -0.15) is 0 Å². The number of hydrogen-bond acceptors (Lipinski definition) is 6. The third-order valence-electron chi connectivity index (χ3n) is 7.39. The van der Waals surface area contributed by atoms with Crippen molar-refractivity contribution in [3.8, 4) is 11.4 Å². The summed E-state index contributed by atoms with van der Waals surface area (Å²) < 4.78 is 6.93. The Morgan fingerprint density at radius 3 is 2.24 bits per heavy atom. The van der Waals surface area contributed by atoms with Gasteiger partial charge < -0.3 is 20.7 Å². The van der Waals surface area contributed by atoms with Crippen molar-refractivity contribution >= 4 is 62.8 Å². The molecule has 3 N–H and O–H groups in total. The standard InChI is InChI=1S/C36H29Cl2N5O3/c1-46-32-16-7-6-15-31(32)41-34(44)22-39-24-17-19-25(20-18-24)43-33(40-30-14-5-3-10-26(30)36(43)45)21-23-9-2-4-13-29(23)42-35-27(37)11-8-12-28(35)38/h2-20,39,42H,21-22H2,1H3,(H,41,44). The van der Waals surface area contributed by atoms with E-state index in [9.17, 15) is 9.59 Å². The monoisotopic (exact) mass is 649 g/mol. The van der Waals surface area contributed by atoms with Crippen LogP contribution in [0.1, 0.15) is 11.4 Å². The van der Waals surface area contributed by atoms with E-state index in [4.69, 9.17) is 32.9 Å². The van der Waals surface area contributed by atoms with Gasteiger partial charge in [-0.05, 0) is 72.3 Å². The van der Waals surface area contributed by atoms with Crippen molar-refractivity contribution in [2.75, 3.05) is 29.6 Å². The van der Waals surface area contributed by atoms with E-state index in [1.165, 1.54) is 0 Å². The number of amides is 1. The number of methoxy groups -OCH3 is 1. The first-order valence-electron chi connectivity index (χ1n) is 14.5. The number of rotatable bonds is 10. The zero-order valence-corrected chi connectivity index (χ0v) is 26.3. The number of hydrogen-bond donors (Lipinski definition) is 3. The van der Waals surface area contributed by atoms with E-state index in [-0.39, 0.29) is 18.0 Å². The van der Waals surface area contributed by atoms with Crippen LogP contribution in [0, 0.1) is 0 Å². The van der Waals surface area contributed by atoms with E-state index >= 15 is 0 Å². The molecule has 1 amide bonds. The fraction of sp³-hybridized carbons (Fsp3) is 0.0833. The zero-order chi connectivity index (χ0) is 32.0. The van der Waals surface area contributed by atoms with Crippen molar-refractivity contribution in [2.24, 2.45) is 0 Å². The number of anilines is 4. The van der Waals surface area contributed by atoms with Gasteiger partial charge in [-0.1, -0.05) is 71.7 Å². The maximum absolute atomic E-state index is 13.9. The van der Waals surface area contributed by atoms with Crippen molar-refractivity contribution in [3.05, 3.63) is 147 Å². The molecule has 0 radical (unpaired) electrons. The molecule has 0 aliphatic heterocycles. The third kappa shape index (κ3) is 6.68. The number of carbonyl (C=O) groups excluding carboxylic acids is 1. The van der Waals surface area contributed by atoms with Crippen LogP contribution in [0.4, 0.5) is 22.7 Å². The van der Waals surface area contributed by atoms with Gasteiger partial charge in [0.15, 0.2) is 0 Å². The summed E-state index contributed by atoms with van der Waals surface area (Å²) in [5.74, 6) is 0.910. The number of benzene rings is 5.